The molecule has 1 aliphatic heterocycles. The molecule has 11 nitrogen and oxygen atoms in total. The van der Waals surface area contributed by atoms with Gasteiger partial charge in [-0.2, -0.15) is 5.10 Å². The molecule has 0 spiro atoms. The maximum atomic E-state index is 14.7. The summed E-state index contributed by atoms with van der Waals surface area (Å²) in [6.45, 7) is 4.27. The van der Waals surface area contributed by atoms with Crippen molar-refractivity contribution in [3.63, 3.8) is 0 Å². The number of methoxy groups -OCH3 is 1. The fraction of sp³-hybridized carbons (Fsp3) is 0.387. The van der Waals surface area contributed by atoms with Crippen molar-refractivity contribution in [1.29, 1.82) is 0 Å². The molecule has 4 aromatic rings. The first-order valence-corrected chi connectivity index (χ1v) is 14.6. The molecule has 2 aromatic carbocycles. The lowest BCUT2D eigenvalue weighted by Crippen LogP contribution is -2.49. The lowest BCUT2D eigenvalue weighted by molar-refractivity contribution is -0.122. The molecule has 226 valence electrons. The predicted molar refractivity (Wildman–Crippen MR) is 163 cm³/mol. The second-order valence-corrected chi connectivity index (χ2v) is 10.6. The summed E-state index contributed by atoms with van der Waals surface area (Å²) in [6, 6.07) is 12.7. The fourth-order valence-corrected chi connectivity index (χ4v) is 5.29. The maximum Gasteiger partial charge on any atom is 0.234 e. The van der Waals surface area contributed by atoms with Gasteiger partial charge in [0.2, 0.25) is 11.8 Å². The number of rotatable bonds is 13. The Morgan fingerprint density at radius 1 is 1.05 bits per heavy atom. The van der Waals surface area contributed by atoms with Gasteiger partial charge in [-0.25, -0.2) is 14.4 Å². The molecule has 43 heavy (non-hydrogen) atoms. The number of ether oxygens (including phenoxy) is 1. The summed E-state index contributed by atoms with van der Waals surface area (Å²) in [5.74, 6) is -0.0892. The van der Waals surface area contributed by atoms with Crippen LogP contribution < -0.4 is 20.7 Å². The number of H-pyrrole nitrogens is 1. The molecule has 0 unspecified atom stereocenters. The number of benzene rings is 2. The summed E-state index contributed by atoms with van der Waals surface area (Å²) in [7, 11) is 1.49. The minimum atomic E-state index is -0.459. The van der Waals surface area contributed by atoms with E-state index in [1.165, 1.54) is 13.2 Å². The number of nitrogens with zero attached hydrogens (tertiary/aromatic N) is 5. The van der Waals surface area contributed by atoms with E-state index in [-0.39, 0.29) is 23.2 Å². The lowest BCUT2D eigenvalue weighted by Gasteiger charge is -2.35. The van der Waals surface area contributed by atoms with E-state index < -0.39 is 5.82 Å². The number of carbonyl (C=O) groups is 2. The summed E-state index contributed by atoms with van der Waals surface area (Å²) >= 11 is 0. The molecule has 5 rings (SSSR count). The number of nitrogens with one attached hydrogen (secondary N) is 2. The highest BCUT2D eigenvalue weighted by Crippen LogP contribution is 2.33. The SMILES string of the molecule is COc1cccc(F)c1-c1ncc2[nH]nc(-c3ccc(N4CCN(CC(=O)NCCCCCCC(N)=O)CC4)cc3)c2n1. The van der Waals surface area contributed by atoms with Crippen LogP contribution in [0.5, 0.6) is 5.75 Å². The molecular weight excluding hydrogens is 551 g/mol. The third-order valence-corrected chi connectivity index (χ3v) is 7.64. The largest absolute Gasteiger partial charge is 0.496 e. The lowest BCUT2D eigenvalue weighted by atomic mass is 10.1. The van der Waals surface area contributed by atoms with Crippen LogP contribution in [0.3, 0.4) is 0 Å². The topological polar surface area (TPSA) is 142 Å². The van der Waals surface area contributed by atoms with Crippen LogP contribution in [0.1, 0.15) is 32.1 Å². The Bertz CT molecular complexity index is 1550. The van der Waals surface area contributed by atoms with Gasteiger partial charge in [-0.1, -0.05) is 31.0 Å². The van der Waals surface area contributed by atoms with Gasteiger partial charge < -0.3 is 20.7 Å². The van der Waals surface area contributed by atoms with Crippen LogP contribution >= 0.6 is 0 Å². The molecule has 2 aromatic heterocycles. The van der Waals surface area contributed by atoms with Gasteiger partial charge in [0.05, 0.1) is 25.4 Å². The van der Waals surface area contributed by atoms with Gasteiger partial charge in [0.25, 0.3) is 0 Å². The van der Waals surface area contributed by atoms with Gasteiger partial charge in [0.1, 0.15) is 28.3 Å². The molecule has 12 heteroatoms. The van der Waals surface area contributed by atoms with E-state index in [0.717, 1.165) is 63.1 Å². The van der Waals surface area contributed by atoms with Crippen LogP contribution in [0.2, 0.25) is 0 Å². The number of primary amides is 1. The van der Waals surface area contributed by atoms with Crippen LogP contribution in [-0.4, -0.2) is 83.3 Å². The number of hydrogen-bond donors (Lipinski definition) is 3. The quantitative estimate of drug-likeness (QED) is 0.202. The molecule has 2 amide bonds. The van der Waals surface area contributed by atoms with E-state index in [1.807, 2.05) is 12.1 Å². The Balaban J connectivity index is 1.14. The van der Waals surface area contributed by atoms with Gasteiger partial charge in [0, 0.05) is 50.4 Å². The summed E-state index contributed by atoms with van der Waals surface area (Å²) in [5.41, 5.74) is 9.23. The van der Waals surface area contributed by atoms with Crippen molar-refractivity contribution in [1.82, 2.24) is 30.4 Å². The fourth-order valence-electron chi connectivity index (χ4n) is 5.29. The number of amides is 2. The molecule has 1 fully saturated rings. The Kier molecular flexibility index (Phi) is 9.77. The number of fused-ring (bicyclic) bond motifs is 1. The summed E-state index contributed by atoms with van der Waals surface area (Å²) in [5, 5.41) is 10.4. The zero-order valence-corrected chi connectivity index (χ0v) is 24.3. The predicted octanol–water partition coefficient (Wildman–Crippen LogP) is 3.51. The third-order valence-electron chi connectivity index (χ3n) is 7.64. The van der Waals surface area contributed by atoms with E-state index in [9.17, 15) is 14.0 Å². The third kappa shape index (κ3) is 7.44. The van der Waals surface area contributed by atoms with Crippen molar-refractivity contribution in [3.05, 3.63) is 54.5 Å². The first-order valence-electron chi connectivity index (χ1n) is 14.6. The van der Waals surface area contributed by atoms with Gasteiger partial charge in [-0.15, -0.1) is 0 Å². The molecule has 1 saturated heterocycles. The number of aromatic amines is 1. The maximum absolute atomic E-state index is 14.7. The highest BCUT2D eigenvalue weighted by Gasteiger charge is 2.21. The molecular formula is C31H37FN8O3. The number of piperazine rings is 1. The van der Waals surface area contributed by atoms with Crippen LogP contribution in [0.15, 0.2) is 48.7 Å². The van der Waals surface area contributed by atoms with Crippen molar-refractivity contribution in [2.75, 3.05) is 51.3 Å². The number of hydrogen-bond acceptors (Lipinski definition) is 8. The average molecular weight is 589 g/mol. The standard InChI is InChI=1S/C31H37FN8O3/c1-43-25-8-6-7-23(32)28(25)31-35-19-24-30(36-31)29(38-37-24)21-10-12-22(13-11-21)40-17-15-39(16-18-40)20-27(42)34-14-5-3-2-4-9-26(33)41/h6-8,10-13,19H,2-5,9,14-18,20H2,1H3,(H2,33,41)(H,34,42)(H,37,38). The highest BCUT2D eigenvalue weighted by atomic mass is 19.1. The van der Waals surface area contributed by atoms with E-state index in [4.69, 9.17) is 10.5 Å². The Hall–Kier alpha value is -4.58. The molecule has 0 aliphatic carbocycles. The van der Waals surface area contributed by atoms with Crippen molar-refractivity contribution >= 4 is 28.5 Å². The summed E-state index contributed by atoms with van der Waals surface area (Å²) < 4.78 is 20.0. The Morgan fingerprint density at radius 2 is 1.81 bits per heavy atom. The molecule has 0 bridgehead atoms. The first-order chi connectivity index (χ1) is 20.9. The van der Waals surface area contributed by atoms with E-state index in [2.05, 4.69) is 47.4 Å². The number of aromatic nitrogens is 4. The van der Waals surface area contributed by atoms with Crippen LogP contribution in [0.4, 0.5) is 10.1 Å². The van der Waals surface area contributed by atoms with Gasteiger partial charge >= 0.3 is 0 Å². The number of nitrogens with two attached hydrogens (primary N) is 1. The van der Waals surface area contributed by atoms with Crippen molar-refractivity contribution in [2.45, 2.75) is 32.1 Å². The minimum absolute atomic E-state index is 0.0431. The normalized spacial score (nSPS) is 13.8. The van der Waals surface area contributed by atoms with Crippen LogP contribution in [-0.2, 0) is 9.59 Å². The van der Waals surface area contributed by atoms with Gasteiger partial charge in [-0.05, 0) is 37.1 Å². The number of anilines is 1. The van der Waals surface area contributed by atoms with Crippen molar-refractivity contribution in [3.8, 4) is 28.4 Å². The molecule has 3 heterocycles. The Morgan fingerprint density at radius 3 is 2.56 bits per heavy atom. The minimum Gasteiger partial charge on any atom is -0.496 e. The van der Waals surface area contributed by atoms with Gasteiger partial charge in [0.15, 0.2) is 5.82 Å². The zero-order chi connectivity index (χ0) is 30.2. The van der Waals surface area contributed by atoms with Crippen LogP contribution in [0, 0.1) is 5.82 Å². The number of carbonyl (C=O) groups excluding carboxylic acids is 2. The molecule has 0 radical (unpaired) electrons. The number of unbranched alkanes of at least 4 members (excludes halogenated alkanes) is 3. The van der Waals surface area contributed by atoms with E-state index in [1.54, 1.807) is 18.3 Å². The van der Waals surface area contributed by atoms with Crippen molar-refractivity contribution < 1.29 is 18.7 Å². The summed E-state index contributed by atoms with van der Waals surface area (Å²) in [4.78, 5) is 36.6. The second-order valence-electron chi connectivity index (χ2n) is 10.6. The van der Waals surface area contributed by atoms with Crippen molar-refractivity contribution in [2.24, 2.45) is 5.73 Å². The smallest absolute Gasteiger partial charge is 0.234 e. The molecule has 0 atom stereocenters. The summed E-state index contributed by atoms with van der Waals surface area (Å²) in [6.07, 6.45) is 5.65. The molecule has 1 aliphatic rings. The van der Waals surface area contributed by atoms with E-state index >= 15 is 0 Å². The zero-order valence-electron chi connectivity index (χ0n) is 24.3. The Labute approximate surface area is 249 Å². The van der Waals surface area contributed by atoms with Gasteiger partial charge in [-0.3, -0.25) is 19.6 Å². The first kappa shape index (κ1) is 29.9. The molecule has 4 N–H and O–H groups in total. The second kappa shape index (κ2) is 14.1. The highest BCUT2D eigenvalue weighted by molar-refractivity contribution is 5.90. The van der Waals surface area contributed by atoms with Crippen LogP contribution in [0.25, 0.3) is 33.7 Å². The molecule has 0 saturated carbocycles. The average Bonchev–Trinajstić information content (AvgIpc) is 3.44. The van der Waals surface area contributed by atoms with E-state index in [0.29, 0.717) is 42.0 Å². The monoisotopic (exact) mass is 588 g/mol. The number of halogens is 1.